The van der Waals surface area contributed by atoms with Gasteiger partial charge in [-0.05, 0) is 34.7 Å². The molecular weight excluding hydrogens is 288 g/mol. The Kier molecular flexibility index (Phi) is 4.37. The number of hydrogen-bond acceptors (Lipinski definition) is 3. The van der Waals surface area contributed by atoms with Crippen molar-refractivity contribution in [2.45, 2.75) is 33.1 Å². The van der Waals surface area contributed by atoms with Crippen LogP contribution in [0.15, 0.2) is 42.5 Å². The number of fused-ring (bicyclic) bond motifs is 2. The Morgan fingerprint density at radius 1 is 1.13 bits per heavy atom. The molecule has 3 rings (SSSR count). The van der Waals surface area contributed by atoms with Gasteiger partial charge in [-0.25, -0.2) is 0 Å². The second kappa shape index (κ2) is 6.45. The van der Waals surface area contributed by atoms with E-state index in [4.69, 9.17) is 9.47 Å². The SMILES string of the molecule is CC(=O)OCC(c1ccc2c(c1)Cc1ccccc1O2)C(C)C. The van der Waals surface area contributed by atoms with E-state index in [1.165, 1.54) is 23.6 Å². The highest BCUT2D eigenvalue weighted by molar-refractivity contribution is 5.66. The van der Waals surface area contributed by atoms with E-state index in [1.54, 1.807) is 0 Å². The molecule has 120 valence electrons. The number of esters is 1. The van der Waals surface area contributed by atoms with Crippen LogP contribution in [-0.2, 0) is 16.0 Å². The molecule has 23 heavy (non-hydrogen) atoms. The van der Waals surface area contributed by atoms with E-state index in [0.29, 0.717) is 12.5 Å². The van der Waals surface area contributed by atoms with Gasteiger partial charge >= 0.3 is 5.97 Å². The summed E-state index contributed by atoms with van der Waals surface area (Å²) in [6, 6.07) is 14.4. The summed E-state index contributed by atoms with van der Waals surface area (Å²) in [7, 11) is 0. The van der Waals surface area contributed by atoms with Gasteiger partial charge in [0.1, 0.15) is 11.5 Å². The van der Waals surface area contributed by atoms with Crippen molar-refractivity contribution < 1.29 is 14.3 Å². The van der Waals surface area contributed by atoms with Crippen molar-refractivity contribution in [3.8, 4) is 11.5 Å². The molecule has 0 bridgehead atoms. The van der Waals surface area contributed by atoms with E-state index < -0.39 is 0 Å². The topological polar surface area (TPSA) is 35.5 Å². The van der Waals surface area contributed by atoms with E-state index in [2.05, 4.69) is 32.0 Å². The van der Waals surface area contributed by atoms with Crippen molar-refractivity contribution in [1.29, 1.82) is 0 Å². The molecule has 2 aromatic rings. The van der Waals surface area contributed by atoms with Crippen LogP contribution in [0.3, 0.4) is 0 Å². The second-order valence-electron chi connectivity index (χ2n) is 6.41. The van der Waals surface area contributed by atoms with Gasteiger partial charge in [0.05, 0.1) is 6.61 Å². The fourth-order valence-electron chi connectivity index (χ4n) is 3.02. The molecule has 3 heteroatoms. The molecule has 0 N–H and O–H groups in total. The minimum absolute atomic E-state index is 0.196. The standard InChI is InChI=1S/C20H22O3/c1-13(2)18(12-22-14(3)21)15-8-9-20-17(10-15)11-16-6-4-5-7-19(16)23-20/h4-10,13,18H,11-12H2,1-3H3. The number of rotatable bonds is 4. The van der Waals surface area contributed by atoms with Crippen LogP contribution in [0.25, 0.3) is 0 Å². The summed E-state index contributed by atoms with van der Waals surface area (Å²) in [4.78, 5) is 11.1. The van der Waals surface area contributed by atoms with Crippen molar-refractivity contribution >= 4 is 5.97 Å². The van der Waals surface area contributed by atoms with Crippen molar-refractivity contribution in [3.63, 3.8) is 0 Å². The molecule has 3 nitrogen and oxygen atoms in total. The van der Waals surface area contributed by atoms with E-state index >= 15 is 0 Å². The van der Waals surface area contributed by atoms with Gasteiger partial charge in [0.15, 0.2) is 0 Å². The maximum absolute atomic E-state index is 11.1. The first-order valence-electron chi connectivity index (χ1n) is 8.06. The third-order valence-corrected chi connectivity index (χ3v) is 4.36. The maximum Gasteiger partial charge on any atom is 0.302 e. The predicted octanol–water partition coefficient (Wildman–Crippen LogP) is 4.69. The first-order valence-corrected chi connectivity index (χ1v) is 8.06. The Labute approximate surface area is 137 Å². The number of carbonyl (C=O) groups is 1. The summed E-state index contributed by atoms with van der Waals surface area (Å²) in [6.45, 7) is 6.18. The minimum Gasteiger partial charge on any atom is -0.465 e. The summed E-state index contributed by atoms with van der Waals surface area (Å²) >= 11 is 0. The van der Waals surface area contributed by atoms with Crippen LogP contribution < -0.4 is 4.74 Å². The summed E-state index contributed by atoms with van der Waals surface area (Å²) in [5.41, 5.74) is 3.59. The van der Waals surface area contributed by atoms with Crippen LogP contribution in [0.2, 0.25) is 0 Å². The lowest BCUT2D eigenvalue weighted by molar-refractivity contribution is -0.141. The summed E-state index contributed by atoms with van der Waals surface area (Å²) in [5, 5.41) is 0. The zero-order chi connectivity index (χ0) is 16.4. The van der Waals surface area contributed by atoms with Crippen LogP contribution in [0.4, 0.5) is 0 Å². The monoisotopic (exact) mass is 310 g/mol. The molecule has 0 saturated heterocycles. The zero-order valence-electron chi connectivity index (χ0n) is 13.8. The number of hydrogen-bond donors (Lipinski definition) is 0. The van der Waals surface area contributed by atoms with Crippen molar-refractivity contribution in [3.05, 3.63) is 59.2 Å². The third-order valence-electron chi connectivity index (χ3n) is 4.36. The molecule has 0 radical (unpaired) electrons. The minimum atomic E-state index is -0.231. The van der Waals surface area contributed by atoms with E-state index in [0.717, 1.165) is 17.9 Å². The summed E-state index contributed by atoms with van der Waals surface area (Å²) in [5.74, 6) is 2.21. The fourth-order valence-corrected chi connectivity index (χ4v) is 3.02. The Bertz CT molecular complexity index is 719. The van der Waals surface area contributed by atoms with Gasteiger partial charge in [-0.1, -0.05) is 44.2 Å². The molecule has 0 fully saturated rings. The van der Waals surface area contributed by atoms with Gasteiger partial charge in [-0.15, -0.1) is 0 Å². The van der Waals surface area contributed by atoms with Gasteiger partial charge in [0.25, 0.3) is 0 Å². The van der Waals surface area contributed by atoms with Crippen LogP contribution in [-0.4, -0.2) is 12.6 Å². The quantitative estimate of drug-likeness (QED) is 0.656. The Hall–Kier alpha value is -2.29. The van der Waals surface area contributed by atoms with Crippen LogP contribution >= 0.6 is 0 Å². The smallest absolute Gasteiger partial charge is 0.302 e. The third kappa shape index (κ3) is 3.39. The summed E-state index contributed by atoms with van der Waals surface area (Å²) in [6.07, 6.45) is 0.873. The van der Waals surface area contributed by atoms with Gasteiger partial charge in [-0.2, -0.15) is 0 Å². The molecule has 0 aromatic heterocycles. The first-order chi connectivity index (χ1) is 11.0. The molecule has 0 aliphatic carbocycles. The van der Waals surface area contributed by atoms with Gasteiger partial charge in [0, 0.05) is 19.3 Å². The van der Waals surface area contributed by atoms with Crippen LogP contribution in [0, 0.1) is 5.92 Å². The average Bonchev–Trinajstić information content (AvgIpc) is 2.52. The van der Waals surface area contributed by atoms with E-state index in [9.17, 15) is 4.79 Å². The normalized spacial score (nSPS) is 13.7. The molecule has 1 aliphatic rings. The number of para-hydroxylation sites is 1. The lowest BCUT2D eigenvalue weighted by atomic mass is 9.87. The summed E-state index contributed by atoms with van der Waals surface area (Å²) < 4.78 is 11.2. The Balaban J connectivity index is 1.87. The lowest BCUT2D eigenvalue weighted by Gasteiger charge is -2.25. The predicted molar refractivity (Wildman–Crippen MR) is 90.0 cm³/mol. The van der Waals surface area contributed by atoms with E-state index in [-0.39, 0.29) is 11.9 Å². The molecule has 1 aliphatic heterocycles. The molecule has 1 heterocycles. The number of benzene rings is 2. The molecule has 0 amide bonds. The number of ether oxygens (including phenoxy) is 2. The molecule has 1 atom stereocenters. The van der Waals surface area contributed by atoms with Gasteiger partial charge in [-0.3, -0.25) is 4.79 Å². The highest BCUT2D eigenvalue weighted by atomic mass is 16.5. The van der Waals surface area contributed by atoms with Crippen molar-refractivity contribution in [1.82, 2.24) is 0 Å². The molecule has 0 saturated carbocycles. The molecular formula is C20H22O3. The van der Waals surface area contributed by atoms with E-state index in [1.807, 2.05) is 24.3 Å². The first kappa shape index (κ1) is 15.6. The molecule has 2 aromatic carbocycles. The fraction of sp³-hybridized carbons (Fsp3) is 0.350. The highest BCUT2D eigenvalue weighted by Crippen LogP contribution is 2.38. The Morgan fingerprint density at radius 2 is 1.87 bits per heavy atom. The van der Waals surface area contributed by atoms with Crippen molar-refractivity contribution in [2.24, 2.45) is 5.92 Å². The van der Waals surface area contributed by atoms with Gasteiger partial charge < -0.3 is 9.47 Å². The maximum atomic E-state index is 11.1. The largest absolute Gasteiger partial charge is 0.465 e. The van der Waals surface area contributed by atoms with Gasteiger partial charge in [0.2, 0.25) is 0 Å². The second-order valence-corrected chi connectivity index (χ2v) is 6.41. The molecule has 0 spiro atoms. The zero-order valence-corrected chi connectivity index (χ0v) is 13.8. The number of carbonyl (C=O) groups excluding carboxylic acids is 1. The van der Waals surface area contributed by atoms with Crippen LogP contribution in [0.1, 0.15) is 43.4 Å². The molecule has 1 unspecified atom stereocenters. The highest BCUT2D eigenvalue weighted by Gasteiger charge is 2.22. The lowest BCUT2D eigenvalue weighted by Crippen LogP contribution is -2.16. The average molecular weight is 310 g/mol. The Morgan fingerprint density at radius 3 is 2.61 bits per heavy atom. The van der Waals surface area contributed by atoms with Crippen LogP contribution in [0.5, 0.6) is 11.5 Å². The van der Waals surface area contributed by atoms with Crippen molar-refractivity contribution in [2.75, 3.05) is 6.61 Å².